The number of allylic oxidation sites excluding steroid dienone is 1. The summed E-state index contributed by atoms with van der Waals surface area (Å²) in [5, 5.41) is 0. The molecule has 0 amide bonds. The molecule has 0 spiro atoms. The standard InChI is InChI=1S/C10H19N/c1-2-9-5-3-4-6-10(9)7-8-11/h7,9H,2-6,8,11H2,1H3/b10-7+. The second-order valence-electron chi connectivity index (χ2n) is 3.37. The quantitative estimate of drug-likeness (QED) is 0.606. The lowest BCUT2D eigenvalue weighted by molar-refractivity contribution is 0.441. The Hall–Kier alpha value is -0.300. The predicted molar refractivity (Wildman–Crippen MR) is 49.4 cm³/mol. The molecule has 1 heteroatoms. The van der Waals surface area contributed by atoms with Crippen molar-refractivity contribution in [2.24, 2.45) is 11.7 Å². The van der Waals surface area contributed by atoms with Crippen molar-refractivity contribution in [1.82, 2.24) is 0 Å². The van der Waals surface area contributed by atoms with E-state index in [0.29, 0.717) is 0 Å². The van der Waals surface area contributed by atoms with E-state index >= 15 is 0 Å². The molecule has 1 nitrogen and oxygen atoms in total. The van der Waals surface area contributed by atoms with Crippen molar-refractivity contribution >= 4 is 0 Å². The number of hydrogen-bond donors (Lipinski definition) is 1. The van der Waals surface area contributed by atoms with Gasteiger partial charge in [-0.15, -0.1) is 0 Å². The van der Waals surface area contributed by atoms with Crippen LogP contribution in [0.1, 0.15) is 39.0 Å². The third kappa shape index (κ3) is 2.33. The summed E-state index contributed by atoms with van der Waals surface area (Å²) < 4.78 is 0. The molecule has 0 aliphatic heterocycles. The highest BCUT2D eigenvalue weighted by Crippen LogP contribution is 2.30. The third-order valence-electron chi connectivity index (χ3n) is 2.67. The molecular formula is C10H19N. The van der Waals surface area contributed by atoms with Crippen LogP contribution < -0.4 is 5.73 Å². The van der Waals surface area contributed by atoms with E-state index < -0.39 is 0 Å². The molecule has 0 saturated heterocycles. The van der Waals surface area contributed by atoms with Crippen LogP contribution in [-0.4, -0.2) is 6.54 Å². The van der Waals surface area contributed by atoms with Crippen LogP contribution in [-0.2, 0) is 0 Å². The van der Waals surface area contributed by atoms with E-state index in [2.05, 4.69) is 13.0 Å². The SMILES string of the molecule is CCC1CCCC/C1=C\CN. The zero-order chi connectivity index (χ0) is 8.10. The molecule has 1 aliphatic carbocycles. The van der Waals surface area contributed by atoms with Crippen molar-refractivity contribution < 1.29 is 0 Å². The lowest BCUT2D eigenvalue weighted by atomic mass is 9.82. The number of rotatable bonds is 2. The maximum atomic E-state index is 5.50. The van der Waals surface area contributed by atoms with Crippen LogP contribution in [0.5, 0.6) is 0 Å². The topological polar surface area (TPSA) is 26.0 Å². The Bertz CT molecular complexity index is 138. The molecule has 1 unspecified atom stereocenters. The Morgan fingerprint density at radius 2 is 2.36 bits per heavy atom. The predicted octanol–water partition coefficient (Wildman–Crippen LogP) is 2.47. The van der Waals surface area contributed by atoms with Gasteiger partial charge in [-0.1, -0.05) is 25.0 Å². The van der Waals surface area contributed by atoms with Crippen LogP contribution in [0.3, 0.4) is 0 Å². The van der Waals surface area contributed by atoms with Crippen molar-refractivity contribution in [3.8, 4) is 0 Å². The fourth-order valence-corrected chi connectivity index (χ4v) is 2.00. The fraction of sp³-hybridized carbons (Fsp3) is 0.800. The lowest BCUT2D eigenvalue weighted by Gasteiger charge is -2.24. The van der Waals surface area contributed by atoms with E-state index in [0.717, 1.165) is 12.5 Å². The maximum Gasteiger partial charge on any atom is 0.0109 e. The normalized spacial score (nSPS) is 29.3. The van der Waals surface area contributed by atoms with E-state index in [-0.39, 0.29) is 0 Å². The molecule has 1 atom stereocenters. The second kappa shape index (κ2) is 4.55. The fourth-order valence-electron chi connectivity index (χ4n) is 2.00. The molecule has 0 aromatic heterocycles. The molecule has 0 bridgehead atoms. The molecule has 2 N–H and O–H groups in total. The number of nitrogens with two attached hydrogens (primary N) is 1. The van der Waals surface area contributed by atoms with Gasteiger partial charge in [-0.05, 0) is 31.6 Å². The Morgan fingerprint density at radius 3 is 3.00 bits per heavy atom. The van der Waals surface area contributed by atoms with E-state index in [1.807, 2.05) is 0 Å². The van der Waals surface area contributed by atoms with Gasteiger partial charge in [0.2, 0.25) is 0 Å². The van der Waals surface area contributed by atoms with Crippen molar-refractivity contribution in [3.63, 3.8) is 0 Å². The summed E-state index contributed by atoms with van der Waals surface area (Å²) >= 11 is 0. The smallest absolute Gasteiger partial charge is 0.0109 e. The minimum absolute atomic E-state index is 0.728. The molecule has 1 aliphatic rings. The zero-order valence-corrected chi connectivity index (χ0v) is 7.47. The van der Waals surface area contributed by atoms with Crippen LogP contribution in [0.4, 0.5) is 0 Å². The summed E-state index contributed by atoms with van der Waals surface area (Å²) in [7, 11) is 0. The minimum Gasteiger partial charge on any atom is -0.327 e. The van der Waals surface area contributed by atoms with Gasteiger partial charge in [0.25, 0.3) is 0 Å². The Morgan fingerprint density at radius 1 is 1.55 bits per heavy atom. The van der Waals surface area contributed by atoms with Gasteiger partial charge in [0.1, 0.15) is 0 Å². The van der Waals surface area contributed by atoms with Gasteiger partial charge in [-0.2, -0.15) is 0 Å². The van der Waals surface area contributed by atoms with Gasteiger partial charge in [0.15, 0.2) is 0 Å². The first-order valence-corrected chi connectivity index (χ1v) is 4.77. The molecule has 0 radical (unpaired) electrons. The van der Waals surface area contributed by atoms with Crippen LogP contribution in [0, 0.1) is 5.92 Å². The molecule has 11 heavy (non-hydrogen) atoms. The Labute approximate surface area is 69.7 Å². The van der Waals surface area contributed by atoms with Gasteiger partial charge < -0.3 is 5.73 Å². The van der Waals surface area contributed by atoms with Crippen molar-refractivity contribution in [1.29, 1.82) is 0 Å². The summed E-state index contributed by atoms with van der Waals surface area (Å²) in [5.74, 6) is 0.854. The van der Waals surface area contributed by atoms with Gasteiger partial charge in [-0.3, -0.25) is 0 Å². The third-order valence-corrected chi connectivity index (χ3v) is 2.67. The summed E-state index contributed by atoms with van der Waals surface area (Å²) in [6.45, 7) is 3.01. The molecule has 1 saturated carbocycles. The maximum absolute atomic E-state index is 5.50. The first kappa shape index (κ1) is 8.79. The van der Waals surface area contributed by atoms with Crippen molar-refractivity contribution in [3.05, 3.63) is 11.6 Å². The van der Waals surface area contributed by atoms with E-state index in [1.54, 1.807) is 5.57 Å². The average Bonchev–Trinajstić information content (AvgIpc) is 2.06. The highest BCUT2D eigenvalue weighted by Gasteiger charge is 2.15. The molecular weight excluding hydrogens is 134 g/mol. The van der Waals surface area contributed by atoms with Gasteiger partial charge in [0, 0.05) is 6.54 Å². The first-order valence-electron chi connectivity index (χ1n) is 4.77. The van der Waals surface area contributed by atoms with Gasteiger partial charge >= 0.3 is 0 Å². The highest BCUT2D eigenvalue weighted by molar-refractivity contribution is 5.09. The summed E-state index contributed by atoms with van der Waals surface area (Å²) in [4.78, 5) is 0. The first-order chi connectivity index (χ1) is 5.38. The number of hydrogen-bond acceptors (Lipinski definition) is 1. The molecule has 0 heterocycles. The summed E-state index contributed by atoms with van der Waals surface area (Å²) in [6.07, 6.45) is 9.01. The van der Waals surface area contributed by atoms with Crippen molar-refractivity contribution in [2.45, 2.75) is 39.0 Å². The zero-order valence-electron chi connectivity index (χ0n) is 7.47. The molecule has 64 valence electrons. The van der Waals surface area contributed by atoms with Crippen LogP contribution in [0.15, 0.2) is 11.6 Å². The molecule has 1 fully saturated rings. The second-order valence-corrected chi connectivity index (χ2v) is 3.37. The summed E-state index contributed by atoms with van der Waals surface area (Å²) in [5.41, 5.74) is 7.13. The summed E-state index contributed by atoms with van der Waals surface area (Å²) in [6, 6.07) is 0. The minimum atomic E-state index is 0.728. The Balaban J connectivity index is 2.51. The van der Waals surface area contributed by atoms with Crippen LogP contribution >= 0.6 is 0 Å². The van der Waals surface area contributed by atoms with E-state index in [9.17, 15) is 0 Å². The average molecular weight is 153 g/mol. The largest absolute Gasteiger partial charge is 0.327 e. The van der Waals surface area contributed by atoms with Gasteiger partial charge in [0.05, 0.1) is 0 Å². The molecule has 0 aromatic rings. The molecule has 1 rings (SSSR count). The monoisotopic (exact) mass is 153 g/mol. The van der Waals surface area contributed by atoms with E-state index in [4.69, 9.17) is 5.73 Å². The lowest BCUT2D eigenvalue weighted by Crippen LogP contribution is -2.10. The highest BCUT2D eigenvalue weighted by atomic mass is 14.5. The van der Waals surface area contributed by atoms with Crippen molar-refractivity contribution in [2.75, 3.05) is 6.54 Å². The van der Waals surface area contributed by atoms with Crippen LogP contribution in [0.2, 0.25) is 0 Å². The van der Waals surface area contributed by atoms with Crippen LogP contribution in [0.25, 0.3) is 0 Å². The van der Waals surface area contributed by atoms with E-state index in [1.165, 1.54) is 32.1 Å². The Kier molecular flexibility index (Phi) is 3.64. The molecule has 0 aromatic carbocycles. The van der Waals surface area contributed by atoms with Gasteiger partial charge in [-0.25, -0.2) is 0 Å².